The number of para-hydroxylation sites is 1. The number of hydrogen-bond acceptors (Lipinski definition) is 5. The molecule has 0 fully saturated rings. The van der Waals surface area contributed by atoms with E-state index in [4.69, 9.17) is 0 Å². The van der Waals surface area contributed by atoms with E-state index < -0.39 is 0 Å². The standard InChI is InChI=1S/C21H17FN4O/c22-15-7-5-14(6-8-15)13-23-20-18-3-1-2-4-19(18)25-21(26-20)24-16-9-11-17(27)12-10-16/h1-12,27H,13H2,(H2,23,24,25,26). The van der Waals surface area contributed by atoms with Crippen molar-refractivity contribution >= 4 is 28.4 Å². The second kappa shape index (κ2) is 7.29. The highest BCUT2D eigenvalue weighted by Gasteiger charge is 2.08. The number of rotatable bonds is 5. The van der Waals surface area contributed by atoms with Crippen molar-refractivity contribution in [3.05, 3.63) is 84.2 Å². The van der Waals surface area contributed by atoms with Gasteiger partial charge in [0.25, 0.3) is 0 Å². The Morgan fingerprint density at radius 1 is 0.852 bits per heavy atom. The topological polar surface area (TPSA) is 70.1 Å². The van der Waals surface area contributed by atoms with Crippen molar-refractivity contribution in [2.75, 3.05) is 10.6 Å². The van der Waals surface area contributed by atoms with Crippen LogP contribution in [0.5, 0.6) is 5.75 Å². The number of phenols is 1. The number of anilines is 3. The Hall–Kier alpha value is -3.67. The second-order valence-electron chi connectivity index (χ2n) is 6.06. The normalized spacial score (nSPS) is 10.7. The fraction of sp³-hybridized carbons (Fsp3) is 0.0476. The molecule has 0 amide bonds. The number of nitrogens with zero attached hydrogens (tertiary/aromatic N) is 2. The number of fused-ring (bicyclic) bond motifs is 1. The summed E-state index contributed by atoms with van der Waals surface area (Å²) in [6, 6.07) is 20.8. The van der Waals surface area contributed by atoms with E-state index >= 15 is 0 Å². The van der Waals surface area contributed by atoms with Crippen molar-refractivity contribution < 1.29 is 9.50 Å². The van der Waals surface area contributed by atoms with Gasteiger partial charge in [-0.3, -0.25) is 0 Å². The second-order valence-corrected chi connectivity index (χ2v) is 6.06. The van der Waals surface area contributed by atoms with Crippen LogP contribution in [0.15, 0.2) is 72.8 Å². The minimum atomic E-state index is -0.258. The Morgan fingerprint density at radius 2 is 1.59 bits per heavy atom. The lowest BCUT2D eigenvalue weighted by atomic mass is 10.2. The zero-order valence-electron chi connectivity index (χ0n) is 14.4. The van der Waals surface area contributed by atoms with E-state index in [1.807, 2.05) is 24.3 Å². The highest BCUT2D eigenvalue weighted by atomic mass is 19.1. The quantitative estimate of drug-likeness (QED) is 0.445. The average molecular weight is 360 g/mol. The van der Waals surface area contributed by atoms with Crippen LogP contribution in [0.2, 0.25) is 0 Å². The van der Waals surface area contributed by atoms with E-state index in [2.05, 4.69) is 20.6 Å². The van der Waals surface area contributed by atoms with Crippen LogP contribution in [-0.2, 0) is 6.54 Å². The summed E-state index contributed by atoms with van der Waals surface area (Å²) in [6.07, 6.45) is 0. The summed E-state index contributed by atoms with van der Waals surface area (Å²) in [5.41, 5.74) is 2.52. The lowest BCUT2D eigenvalue weighted by molar-refractivity contribution is 0.475. The third-order valence-corrected chi connectivity index (χ3v) is 4.10. The number of aromatic nitrogens is 2. The molecule has 3 aromatic carbocycles. The van der Waals surface area contributed by atoms with Gasteiger partial charge in [0, 0.05) is 17.6 Å². The molecule has 0 aliphatic heterocycles. The Morgan fingerprint density at radius 3 is 2.37 bits per heavy atom. The summed E-state index contributed by atoms with van der Waals surface area (Å²) < 4.78 is 13.1. The Balaban J connectivity index is 1.63. The number of benzene rings is 3. The Kier molecular flexibility index (Phi) is 4.53. The molecule has 3 N–H and O–H groups in total. The molecule has 0 bridgehead atoms. The van der Waals surface area contributed by atoms with Gasteiger partial charge in [0.15, 0.2) is 0 Å². The maximum absolute atomic E-state index is 13.1. The minimum absolute atomic E-state index is 0.196. The lowest BCUT2D eigenvalue weighted by Crippen LogP contribution is -2.05. The van der Waals surface area contributed by atoms with Crippen molar-refractivity contribution in [3.8, 4) is 5.75 Å². The van der Waals surface area contributed by atoms with Crippen molar-refractivity contribution in [1.29, 1.82) is 0 Å². The van der Waals surface area contributed by atoms with Gasteiger partial charge in [0.1, 0.15) is 17.4 Å². The summed E-state index contributed by atoms with van der Waals surface area (Å²) in [6.45, 7) is 0.514. The zero-order chi connectivity index (χ0) is 18.6. The molecular weight excluding hydrogens is 343 g/mol. The first kappa shape index (κ1) is 16.8. The maximum atomic E-state index is 13.1. The molecule has 0 spiro atoms. The molecular formula is C21H17FN4O. The summed E-state index contributed by atoms with van der Waals surface area (Å²) >= 11 is 0. The summed E-state index contributed by atoms with van der Waals surface area (Å²) in [5, 5.41) is 16.8. The van der Waals surface area contributed by atoms with Gasteiger partial charge in [0.2, 0.25) is 5.95 Å². The SMILES string of the molecule is Oc1ccc(Nc2nc(NCc3ccc(F)cc3)c3ccccc3n2)cc1. The molecule has 0 radical (unpaired) electrons. The minimum Gasteiger partial charge on any atom is -0.508 e. The highest BCUT2D eigenvalue weighted by molar-refractivity contribution is 5.90. The third kappa shape index (κ3) is 3.95. The van der Waals surface area contributed by atoms with Gasteiger partial charge in [0.05, 0.1) is 5.52 Å². The number of aromatic hydroxyl groups is 1. The summed E-state index contributed by atoms with van der Waals surface area (Å²) in [4.78, 5) is 9.13. The maximum Gasteiger partial charge on any atom is 0.229 e. The number of nitrogens with one attached hydrogen (secondary N) is 2. The van der Waals surface area contributed by atoms with Gasteiger partial charge >= 0.3 is 0 Å². The van der Waals surface area contributed by atoms with Gasteiger partial charge in [-0.05, 0) is 54.1 Å². The third-order valence-electron chi connectivity index (χ3n) is 4.10. The molecule has 0 unspecified atom stereocenters. The van der Waals surface area contributed by atoms with Crippen LogP contribution >= 0.6 is 0 Å². The van der Waals surface area contributed by atoms with E-state index in [1.54, 1.807) is 36.4 Å². The monoisotopic (exact) mass is 360 g/mol. The van der Waals surface area contributed by atoms with Crippen molar-refractivity contribution in [1.82, 2.24) is 9.97 Å². The van der Waals surface area contributed by atoms with Gasteiger partial charge in [-0.15, -0.1) is 0 Å². The summed E-state index contributed by atoms with van der Waals surface area (Å²) in [5.74, 6) is 1.07. The molecule has 0 saturated heterocycles. The van der Waals surface area contributed by atoms with Crippen LogP contribution in [-0.4, -0.2) is 15.1 Å². The van der Waals surface area contributed by atoms with E-state index in [0.29, 0.717) is 18.3 Å². The molecule has 27 heavy (non-hydrogen) atoms. The van der Waals surface area contributed by atoms with Gasteiger partial charge < -0.3 is 15.7 Å². The molecule has 0 atom stereocenters. The lowest BCUT2D eigenvalue weighted by Gasteiger charge is -2.12. The van der Waals surface area contributed by atoms with Crippen LogP contribution in [0.4, 0.5) is 21.8 Å². The van der Waals surface area contributed by atoms with E-state index in [0.717, 1.165) is 22.2 Å². The van der Waals surface area contributed by atoms with Crippen LogP contribution in [0.1, 0.15) is 5.56 Å². The Labute approximate surface area is 155 Å². The molecule has 0 aliphatic rings. The zero-order valence-corrected chi connectivity index (χ0v) is 14.4. The first-order chi connectivity index (χ1) is 13.2. The van der Waals surface area contributed by atoms with Crippen LogP contribution in [0.3, 0.4) is 0 Å². The van der Waals surface area contributed by atoms with Crippen molar-refractivity contribution in [2.24, 2.45) is 0 Å². The molecule has 4 aromatic rings. The highest BCUT2D eigenvalue weighted by Crippen LogP contribution is 2.24. The molecule has 4 rings (SSSR count). The molecule has 134 valence electrons. The van der Waals surface area contributed by atoms with E-state index in [-0.39, 0.29) is 11.6 Å². The molecule has 0 saturated carbocycles. The number of hydrogen-bond donors (Lipinski definition) is 3. The molecule has 6 heteroatoms. The smallest absolute Gasteiger partial charge is 0.229 e. The van der Waals surface area contributed by atoms with Crippen LogP contribution in [0.25, 0.3) is 10.9 Å². The van der Waals surface area contributed by atoms with Gasteiger partial charge in [-0.25, -0.2) is 9.37 Å². The largest absolute Gasteiger partial charge is 0.508 e. The molecule has 1 aromatic heterocycles. The van der Waals surface area contributed by atoms with E-state index in [9.17, 15) is 9.50 Å². The number of halogens is 1. The molecule has 1 heterocycles. The first-order valence-corrected chi connectivity index (χ1v) is 8.48. The van der Waals surface area contributed by atoms with Crippen LogP contribution < -0.4 is 10.6 Å². The van der Waals surface area contributed by atoms with E-state index in [1.165, 1.54) is 12.1 Å². The van der Waals surface area contributed by atoms with Crippen LogP contribution in [0, 0.1) is 5.82 Å². The van der Waals surface area contributed by atoms with Crippen molar-refractivity contribution in [2.45, 2.75) is 6.54 Å². The molecule has 5 nitrogen and oxygen atoms in total. The summed E-state index contributed by atoms with van der Waals surface area (Å²) in [7, 11) is 0. The number of phenolic OH excluding ortho intramolecular Hbond substituents is 1. The fourth-order valence-electron chi connectivity index (χ4n) is 2.73. The van der Waals surface area contributed by atoms with Gasteiger partial charge in [-0.1, -0.05) is 24.3 Å². The fourth-order valence-corrected chi connectivity index (χ4v) is 2.73. The molecule has 0 aliphatic carbocycles. The Bertz CT molecular complexity index is 1070. The van der Waals surface area contributed by atoms with Crippen molar-refractivity contribution in [3.63, 3.8) is 0 Å². The predicted octanol–water partition coefficient (Wildman–Crippen LogP) is 4.83. The first-order valence-electron chi connectivity index (χ1n) is 8.48. The average Bonchev–Trinajstić information content (AvgIpc) is 2.69. The predicted molar refractivity (Wildman–Crippen MR) is 105 cm³/mol. The van der Waals surface area contributed by atoms with Gasteiger partial charge in [-0.2, -0.15) is 4.98 Å².